The van der Waals surface area contributed by atoms with Gasteiger partial charge in [0.2, 0.25) is 0 Å². The number of aromatic amines is 1. The van der Waals surface area contributed by atoms with Crippen LogP contribution in [0, 0.1) is 6.92 Å². The number of aromatic nitrogens is 5. The van der Waals surface area contributed by atoms with Crippen LogP contribution in [-0.4, -0.2) is 49.6 Å². The molecule has 0 bridgehead atoms. The van der Waals surface area contributed by atoms with E-state index in [0.717, 1.165) is 27.5 Å². The van der Waals surface area contributed by atoms with Gasteiger partial charge in [-0.25, -0.2) is 4.79 Å². The van der Waals surface area contributed by atoms with E-state index in [1.807, 2.05) is 31.2 Å². The van der Waals surface area contributed by atoms with E-state index >= 15 is 0 Å². The highest BCUT2D eigenvalue weighted by molar-refractivity contribution is 7.99. The molecule has 0 radical (unpaired) electrons. The fraction of sp³-hybridized carbons (Fsp3) is 0.316. The summed E-state index contributed by atoms with van der Waals surface area (Å²) in [6.07, 6.45) is 0. The minimum Gasteiger partial charge on any atom is -0.384 e. The van der Waals surface area contributed by atoms with Crippen molar-refractivity contribution in [3.8, 4) is 11.4 Å². The Bertz CT molecular complexity index is 1180. The highest BCUT2D eigenvalue weighted by atomic mass is 32.2. The lowest BCUT2D eigenvalue weighted by Crippen LogP contribution is -2.37. The van der Waals surface area contributed by atoms with Crippen LogP contribution >= 0.6 is 11.8 Å². The normalized spacial score (nSPS) is 11.0. The van der Waals surface area contributed by atoms with Crippen molar-refractivity contribution < 1.29 is 9.53 Å². The number of ether oxygens (including phenoxy) is 1. The molecule has 0 atom stereocenters. The number of rotatable bonds is 8. The van der Waals surface area contributed by atoms with Crippen molar-refractivity contribution in [3.05, 3.63) is 56.2 Å². The van der Waals surface area contributed by atoms with Gasteiger partial charge in [0.25, 0.3) is 5.56 Å². The summed E-state index contributed by atoms with van der Waals surface area (Å²) in [4.78, 5) is 39.0. The fourth-order valence-electron chi connectivity index (χ4n) is 2.86. The molecule has 3 N–H and O–H groups in total. The number of hydrogen-bond acceptors (Lipinski definition) is 8. The Morgan fingerprint density at radius 1 is 1.23 bits per heavy atom. The molecule has 3 aromatic rings. The van der Waals surface area contributed by atoms with Gasteiger partial charge in [-0.1, -0.05) is 41.6 Å². The largest absolute Gasteiger partial charge is 0.384 e. The molecular weight excluding hydrogens is 408 g/mol. The molecular formula is C19H22N6O4S. The first-order chi connectivity index (χ1) is 14.3. The zero-order chi connectivity index (χ0) is 21.8. The molecule has 0 aliphatic heterocycles. The van der Waals surface area contributed by atoms with Crippen molar-refractivity contribution in [2.75, 3.05) is 25.2 Å². The highest BCUT2D eigenvalue weighted by Gasteiger charge is 2.21. The summed E-state index contributed by atoms with van der Waals surface area (Å²) < 4.78 is 7.82. The standard InChI is InChI=1S/C19H22N6O4S/c1-11-4-6-12(7-5-11)16-22-23-19(24(16)2)30-10-13(26)14-15(20)25(8-9-29-3)18(28)21-17(14)27/h4-7H,8-10,20H2,1-3H3,(H,21,27,28). The molecule has 0 saturated carbocycles. The van der Waals surface area contributed by atoms with E-state index in [2.05, 4.69) is 15.2 Å². The van der Waals surface area contributed by atoms with Crippen LogP contribution in [0.2, 0.25) is 0 Å². The van der Waals surface area contributed by atoms with Crippen LogP contribution in [0.15, 0.2) is 39.0 Å². The molecule has 0 saturated heterocycles. The van der Waals surface area contributed by atoms with E-state index in [1.165, 1.54) is 7.11 Å². The van der Waals surface area contributed by atoms with Crippen LogP contribution in [0.4, 0.5) is 5.82 Å². The van der Waals surface area contributed by atoms with E-state index in [1.54, 1.807) is 11.6 Å². The second-order valence-corrected chi connectivity index (χ2v) is 7.55. The number of aryl methyl sites for hydroxylation is 1. The van der Waals surface area contributed by atoms with Gasteiger partial charge < -0.3 is 15.0 Å². The van der Waals surface area contributed by atoms with E-state index < -0.39 is 17.0 Å². The number of nitrogens with zero attached hydrogens (tertiary/aromatic N) is 4. The van der Waals surface area contributed by atoms with Gasteiger partial charge in [-0.2, -0.15) is 0 Å². The second kappa shape index (κ2) is 9.09. The Labute approximate surface area is 176 Å². The summed E-state index contributed by atoms with van der Waals surface area (Å²) in [6, 6.07) is 7.85. The van der Waals surface area contributed by atoms with Crippen molar-refractivity contribution in [2.24, 2.45) is 7.05 Å². The van der Waals surface area contributed by atoms with Crippen molar-refractivity contribution in [3.63, 3.8) is 0 Å². The van der Waals surface area contributed by atoms with Gasteiger partial charge in [-0.15, -0.1) is 10.2 Å². The Hall–Kier alpha value is -3.18. The number of thioether (sulfide) groups is 1. The van der Waals surface area contributed by atoms with Crippen LogP contribution in [0.3, 0.4) is 0 Å². The molecule has 0 amide bonds. The average molecular weight is 430 g/mol. The SMILES string of the molecule is COCCn1c(N)c(C(=O)CSc2nnc(-c3ccc(C)cc3)n2C)c(=O)[nH]c1=O. The van der Waals surface area contributed by atoms with Gasteiger partial charge in [0.1, 0.15) is 11.4 Å². The lowest BCUT2D eigenvalue weighted by atomic mass is 10.1. The smallest absolute Gasteiger partial charge is 0.330 e. The predicted molar refractivity (Wildman–Crippen MR) is 114 cm³/mol. The summed E-state index contributed by atoms with van der Waals surface area (Å²) in [5.74, 6) is -0.111. The number of Topliss-reactive ketones (excluding diaryl/α,β-unsaturated/α-hetero) is 1. The number of carbonyl (C=O) groups is 1. The van der Waals surface area contributed by atoms with Gasteiger partial charge in [0, 0.05) is 19.7 Å². The fourth-order valence-corrected chi connectivity index (χ4v) is 3.64. The number of nitrogens with one attached hydrogen (secondary N) is 1. The predicted octanol–water partition coefficient (Wildman–Crippen LogP) is 0.844. The van der Waals surface area contributed by atoms with E-state index in [-0.39, 0.29) is 30.3 Å². The lowest BCUT2D eigenvalue weighted by molar-refractivity contribution is 0.102. The maximum absolute atomic E-state index is 12.7. The Balaban J connectivity index is 1.80. The van der Waals surface area contributed by atoms with Crippen LogP contribution in [0.5, 0.6) is 0 Å². The quantitative estimate of drug-likeness (QED) is 0.396. The highest BCUT2D eigenvalue weighted by Crippen LogP contribution is 2.23. The van der Waals surface area contributed by atoms with Crippen LogP contribution < -0.4 is 17.0 Å². The number of carbonyl (C=O) groups excluding carboxylic acids is 1. The summed E-state index contributed by atoms with van der Waals surface area (Å²) >= 11 is 1.13. The van der Waals surface area contributed by atoms with Crippen molar-refractivity contribution in [1.29, 1.82) is 0 Å². The Morgan fingerprint density at radius 3 is 2.60 bits per heavy atom. The topological polar surface area (TPSA) is 138 Å². The Kier molecular flexibility index (Phi) is 6.53. The molecule has 0 aliphatic carbocycles. The van der Waals surface area contributed by atoms with Gasteiger partial charge in [-0.05, 0) is 6.92 Å². The van der Waals surface area contributed by atoms with Gasteiger partial charge >= 0.3 is 5.69 Å². The zero-order valence-electron chi connectivity index (χ0n) is 16.8. The van der Waals surface area contributed by atoms with Crippen LogP contribution in [0.25, 0.3) is 11.4 Å². The molecule has 0 aliphatic rings. The molecule has 0 unspecified atom stereocenters. The molecule has 2 aromatic heterocycles. The molecule has 30 heavy (non-hydrogen) atoms. The number of anilines is 1. The maximum Gasteiger partial charge on any atom is 0.330 e. The van der Waals surface area contributed by atoms with Gasteiger partial charge in [0.15, 0.2) is 16.8 Å². The third-order valence-electron chi connectivity index (χ3n) is 4.51. The summed E-state index contributed by atoms with van der Waals surface area (Å²) in [7, 11) is 3.27. The first-order valence-corrected chi connectivity index (χ1v) is 10.1. The molecule has 2 heterocycles. The first-order valence-electron chi connectivity index (χ1n) is 9.07. The molecule has 1 aromatic carbocycles. The number of ketones is 1. The van der Waals surface area contributed by atoms with Crippen LogP contribution in [-0.2, 0) is 18.3 Å². The Morgan fingerprint density at radius 2 is 1.93 bits per heavy atom. The minimum atomic E-state index is -0.810. The number of benzene rings is 1. The van der Waals surface area contributed by atoms with E-state index in [0.29, 0.717) is 11.0 Å². The summed E-state index contributed by atoms with van der Waals surface area (Å²) in [6.45, 7) is 2.33. The summed E-state index contributed by atoms with van der Waals surface area (Å²) in [5, 5.41) is 8.84. The second-order valence-electron chi connectivity index (χ2n) is 6.61. The third-order valence-corrected chi connectivity index (χ3v) is 5.53. The van der Waals surface area contributed by atoms with Crippen molar-refractivity contribution in [1.82, 2.24) is 24.3 Å². The van der Waals surface area contributed by atoms with Gasteiger partial charge in [0.05, 0.1) is 18.9 Å². The average Bonchev–Trinajstić information content (AvgIpc) is 3.07. The van der Waals surface area contributed by atoms with E-state index in [9.17, 15) is 14.4 Å². The zero-order valence-corrected chi connectivity index (χ0v) is 17.7. The molecule has 0 fully saturated rings. The van der Waals surface area contributed by atoms with Gasteiger partial charge in [-0.3, -0.25) is 19.1 Å². The first kappa shape index (κ1) is 21.5. The maximum atomic E-state index is 12.7. The number of H-pyrrole nitrogens is 1. The molecule has 11 heteroatoms. The molecule has 158 valence electrons. The van der Waals surface area contributed by atoms with Crippen LogP contribution in [0.1, 0.15) is 15.9 Å². The molecule has 0 spiro atoms. The molecule has 10 nitrogen and oxygen atoms in total. The number of hydrogen-bond donors (Lipinski definition) is 2. The summed E-state index contributed by atoms with van der Waals surface area (Å²) in [5.41, 5.74) is 6.23. The van der Waals surface area contributed by atoms with E-state index in [4.69, 9.17) is 10.5 Å². The number of methoxy groups -OCH3 is 1. The number of nitrogens with two attached hydrogens (primary N) is 1. The monoisotopic (exact) mass is 430 g/mol. The van der Waals surface area contributed by atoms with Crippen molar-refractivity contribution >= 4 is 23.4 Å². The minimum absolute atomic E-state index is 0.0877. The lowest BCUT2D eigenvalue weighted by Gasteiger charge is -2.11. The number of nitrogen functional groups attached to an aromatic ring is 1. The molecule has 3 rings (SSSR count). The van der Waals surface area contributed by atoms with Crippen molar-refractivity contribution in [2.45, 2.75) is 18.6 Å². The third kappa shape index (κ3) is 4.36.